The van der Waals surface area contributed by atoms with Crippen molar-refractivity contribution in [2.24, 2.45) is 0 Å². The predicted octanol–water partition coefficient (Wildman–Crippen LogP) is 1.67. The first-order valence-corrected chi connectivity index (χ1v) is 8.68. The quantitative estimate of drug-likeness (QED) is 0.831. The third kappa shape index (κ3) is 5.19. The van der Waals surface area contributed by atoms with Crippen molar-refractivity contribution in [1.82, 2.24) is 14.7 Å². The Balaban J connectivity index is 1.87. The van der Waals surface area contributed by atoms with Gasteiger partial charge in [-0.25, -0.2) is 4.79 Å². The molecule has 6 heteroatoms. The van der Waals surface area contributed by atoms with E-state index in [0.29, 0.717) is 13.1 Å². The average molecular weight is 334 g/mol. The average Bonchev–Trinajstić information content (AvgIpc) is 2.56. The molecule has 0 radical (unpaired) electrons. The Morgan fingerprint density at radius 2 is 2.00 bits per heavy atom. The van der Waals surface area contributed by atoms with Gasteiger partial charge >= 0.3 is 6.03 Å². The van der Waals surface area contributed by atoms with Crippen molar-refractivity contribution in [1.29, 1.82) is 0 Å². The lowest BCUT2D eigenvalue weighted by Crippen LogP contribution is -2.53. The summed E-state index contributed by atoms with van der Waals surface area (Å²) in [6.07, 6.45) is 0.932. The van der Waals surface area contributed by atoms with E-state index in [-0.39, 0.29) is 18.7 Å². The lowest BCUT2D eigenvalue weighted by atomic mass is 10.1. The molecule has 2 N–H and O–H groups in total. The van der Waals surface area contributed by atoms with Crippen LogP contribution in [-0.4, -0.2) is 78.8 Å². The molecule has 24 heavy (non-hydrogen) atoms. The van der Waals surface area contributed by atoms with E-state index < -0.39 is 0 Å². The highest BCUT2D eigenvalue weighted by Gasteiger charge is 2.24. The highest BCUT2D eigenvalue weighted by Crippen LogP contribution is 2.14. The number of urea groups is 1. The fourth-order valence-electron chi connectivity index (χ4n) is 3.11. The van der Waals surface area contributed by atoms with Gasteiger partial charge in [-0.3, -0.25) is 4.90 Å². The number of rotatable bonds is 6. The number of piperazine rings is 1. The van der Waals surface area contributed by atoms with Gasteiger partial charge < -0.3 is 20.2 Å². The summed E-state index contributed by atoms with van der Waals surface area (Å²) in [6.45, 7) is 6.13. The van der Waals surface area contributed by atoms with Gasteiger partial charge in [0.2, 0.25) is 0 Å². The largest absolute Gasteiger partial charge is 0.395 e. The molecule has 1 saturated heterocycles. The van der Waals surface area contributed by atoms with Gasteiger partial charge in [-0.1, -0.05) is 19.1 Å². The van der Waals surface area contributed by atoms with Crippen molar-refractivity contribution in [2.75, 3.05) is 52.2 Å². The SMILES string of the molecule is CCC(CO)N1CCN(C(=O)Nc2cccc(CN(C)C)c2)CC1. The number of hydrogen-bond acceptors (Lipinski definition) is 4. The van der Waals surface area contributed by atoms with Crippen molar-refractivity contribution in [3.63, 3.8) is 0 Å². The molecule has 134 valence electrons. The predicted molar refractivity (Wildman–Crippen MR) is 97.2 cm³/mol. The molecule has 6 nitrogen and oxygen atoms in total. The maximum Gasteiger partial charge on any atom is 0.321 e. The number of carbonyl (C=O) groups excluding carboxylic acids is 1. The van der Waals surface area contributed by atoms with Crippen molar-refractivity contribution in [2.45, 2.75) is 25.9 Å². The van der Waals surface area contributed by atoms with Crippen molar-refractivity contribution in [3.8, 4) is 0 Å². The summed E-state index contributed by atoms with van der Waals surface area (Å²) in [6, 6.07) is 8.14. The van der Waals surface area contributed by atoms with E-state index in [2.05, 4.69) is 28.1 Å². The minimum atomic E-state index is -0.0475. The van der Waals surface area contributed by atoms with Gasteiger partial charge in [0, 0.05) is 44.5 Å². The lowest BCUT2D eigenvalue weighted by molar-refractivity contribution is 0.0766. The van der Waals surface area contributed by atoms with Crippen molar-refractivity contribution >= 4 is 11.7 Å². The summed E-state index contributed by atoms with van der Waals surface area (Å²) < 4.78 is 0. The normalized spacial score (nSPS) is 17.1. The standard InChI is InChI=1S/C18H30N4O2/c1-4-17(14-23)21-8-10-22(11-9-21)18(24)19-16-7-5-6-15(12-16)13-20(2)3/h5-7,12,17,23H,4,8-11,13-14H2,1-3H3,(H,19,24). The zero-order valence-corrected chi connectivity index (χ0v) is 15.0. The lowest BCUT2D eigenvalue weighted by Gasteiger charge is -2.38. The molecule has 1 heterocycles. The van der Waals surface area contributed by atoms with E-state index in [0.717, 1.165) is 31.7 Å². The number of nitrogens with one attached hydrogen (secondary N) is 1. The van der Waals surface area contributed by atoms with Crippen LogP contribution in [0.15, 0.2) is 24.3 Å². The molecular formula is C18H30N4O2. The Morgan fingerprint density at radius 1 is 1.29 bits per heavy atom. The molecule has 1 unspecified atom stereocenters. The first kappa shape index (κ1) is 18.7. The van der Waals surface area contributed by atoms with Crippen LogP contribution in [0.2, 0.25) is 0 Å². The second kappa shape index (κ2) is 9.01. The van der Waals surface area contributed by atoms with Crippen LogP contribution in [-0.2, 0) is 6.54 Å². The zero-order chi connectivity index (χ0) is 17.5. The van der Waals surface area contributed by atoms with Gasteiger partial charge in [-0.15, -0.1) is 0 Å². The third-order valence-corrected chi connectivity index (χ3v) is 4.48. The highest BCUT2D eigenvalue weighted by atomic mass is 16.3. The highest BCUT2D eigenvalue weighted by molar-refractivity contribution is 5.89. The van der Waals surface area contributed by atoms with E-state index in [1.165, 1.54) is 5.56 Å². The number of aliphatic hydroxyl groups excluding tert-OH is 1. The molecule has 1 aliphatic rings. The Morgan fingerprint density at radius 3 is 2.58 bits per heavy atom. The monoisotopic (exact) mass is 334 g/mol. The summed E-state index contributed by atoms with van der Waals surface area (Å²) in [5.41, 5.74) is 2.01. The second-order valence-electron chi connectivity index (χ2n) is 6.64. The number of anilines is 1. The minimum Gasteiger partial charge on any atom is -0.395 e. The molecule has 1 aromatic carbocycles. The van der Waals surface area contributed by atoms with Gasteiger partial charge in [0.05, 0.1) is 6.61 Å². The maximum absolute atomic E-state index is 12.5. The fourth-order valence-corrected chi connectivity index (χ4v) is 3.11. The molecule has 0 bridgehead atoms. The number of aliphatic hydroxyl groups is 1. The summed E-state index contributed by atoms with van der Waals surface area (Å²) in [5, 5.41) is 12.4. The Bertz CT molecular complexity index is 524. The van der Waals surface area contributed by atoms with Crippen LogP contribution >= 0.6 is 0 Å². The fraction of sp³-hybridized carbons (Fsp3) is 0.611. The summed E-state index contributed by atoms with van der Waals surface area (Å²) >= 11 is 0. The third-order valence-electron chi connectivity index (χ3n) is 4.48. The number of carbonyl (C=O) groups is 1. The van der Waals surface area contributed by atoms with Crippen molar-refractivity contribution < 1.29 is 9.90 Å². The molecule has 0 aromatic heterocycles. The number of benzene rings is 1. The first-order chi connectivity index (χ1) is 11.5. The van der Waals surface area contributed by atoms with E-state index in [9.17, 15) is 9.90 Å². The molecule has 2 amide bonds. The molecule has 1 aromatic rings. The minimum absolute atomic E-state index is 0.0475. The summed E-state index contributed by atoms with van der Waals surface area (Å²) in [5.74, 6) is 0. The molecule has 1 fully saturated rings. The molecule has 0 saturated carbocycles. The number of hydrogen-bond donors (Lipinski definition) is 2. The Kier molecular flexibility index (Phi) is 7.02. The van der Waals surface area contributed by atoms with Gasteiger partial charge in [-0.05, 0) is 38.2 Å². The van der Waals surface area contributed by atoms with Crippen LogP contribution in [0.5, 0.6) is 0 Å². The topological polar surface area (TPSA) is 59.1 Å². The van der Waals surface area contributed by atoms with Crippen molar-refractivity contribution in [3.05, 3.63) is 29.8 Å². The van der Waals surface area contributed by atoms with E-state index in [4.69, 9.17) is 0 Å². The van der Waals surface area contributed by atoms with Crippen LogP contribution < -0.4 is 5.32 Å². The molecule has 0 aliphatic carbocycles. The number of amides is 2. The summed E-state index contributed by atoms with van der Waals surface area (Å²) in [4.78, 5) is 18.7. The van der Waals surface area contributed by atoms with Gasteiger partial charge in [0.15, 0.2) is 0 Å². The van der Waals surface area contributed by atoms with Crippen LogP contribution in [0.1, 0.15) is 18.9 Å². The number of nitrogens with zero attached hydrogens (tertiary/aromatic N) is 3. The molecule has 1 aliphatic heterocycles. The Labute approximate surface area is 145 Å². The van der Waals surface area contributed by atoms with E-state index in [1.807, 2.05) is 37.2 Å². The second-order valence-corrected chi connectivity index (χ2v) is 6.64. The first-order valence-electron chi connectivity index (χ1n) is 8.68. The van der Waals surface area contributed by atoms with Crippen LogP contribution in [0.4, 0.5) is 10.5 Å². The van der Waals surface area contributed by atoms with Gasteiger partial charge in [-0.2, -0.15) is 0 Å². The van der Waals surface area contributed by atoms with Gasteiger partial charge in [0.25, 0.3) is 0 Å². The van der Waals surface area contributed by atoms with Crippen LogP contribution in [0.3, 0.4) is 0 Å². The zero-order valence-electron chi connectivity index (χ0n) is 15.0. The molecule has 1 atom stereocenters. The molecular weight excluding hydrogens is 304 g/mol. The smallest absolute Gasteiger partial charge is 0.321 e. The summed E-state index contributed by atoms with van der Waals surface area (Å²) in [7, 11) is 4.06. The maximum atomic E-state index is 12.5. The van der Waals surface area contributed by atoms with Crippen LogP contribution in [0.25, 0.3) is 0 Å². The Hall–Kier alpha value is -1.63. The van der Waals surface area contributed by atoms with Gasteiger partial charge in [0.1, 0.15) is 0 Å². The van der Waals surface area contributed by atoms with Crippen LogP contribution in [0, 0.1) is 0 Å². The van der Waals surface area contributed by atoms with E-state index >= 15 is 0 Å². The van der Waals surface area contributed by atoms with E-state index in [1.54, 1.807) is 0 Å². The molecule has 0 spiro atoms. The molecule has 2 rings (SSSR count).